The molecule has 1 fully saturated rings. The molecule has 0 aromatic heterocycles. The van der Waals surface area contributed by atoms with Crippen LogP contribution in [0.15, 0.2) is 24.3 Å². The van der Waals surface area contributed by atoms with Crippen LogP contribution in [0.2, 0.25) is 0 Å². The molecule has 2 heterocycles. The average molecular weight is 286 g/mol. The van der Waals surface area contributed by atoms with Gasteiger partial charge < -0.3 is 10.2 Å². The van der Waals surface area contributed by atoms with Crippen molar-refractivity contribution in [1.29, 1.82) is 0 Å². The maximum atomic E-state index is 13.2. The summed E-state index contributed by atoms with van der Waals surface area (Å²) in [6.07, 6.45) is 5.27. The van der Waals surface area contributed by atoms with Gasteiger partial charge in [0, 0.05) is 19.6 Å². The number of aryl methyl sites for hydroxylation is 1. The molecule has 114 valence electrons. The summed E-state index contributed by atoms with van der Waals surface area (Å²) in [4.78, 5) is 15.3. The van der Waals surface area contributed by atoms with Gasteiger partial charge in [0.2, 0.25) is 5.91 Å². The van der Waals surface area contributed by atoms with Crippen LogP contribution in [0.1, 0.15) is 43.7 Å². The SMILES string of the molecule is CCC1(C(=O)N2CCCc3ccccc3C2)CCCNC1. The van der Waals surface area contributed by atoms with Crippen molar-refractivity contribution in [3.05, 3.63) is 35.4 Å². The summed E-state index contributed by atoms with van der Waals surface area (Å²) in [7, 11) is 0. The molecule has 0 bridgehead atoms. The van der Waals surface area contributed by atoms with Gasteiger partial charge >= 0.3 is 0 Å². The standard InChI is InChI=1S/C18H26N2O/c1-2-18(10-6-11-19-14-18)17(21)20-12-5-9-15-7-3-4-8-16(15)13-20/h3-4,7-8,19H,2,5-6,9-14H2,1H3. The zero-order valence-corrected chi connectivity index (χ0v) is 13.0. The Morgan fingerprint density at radius 2 is 2.10 bits per heavy atom. The summed E-state index contributed by atoms with van der Waals surface area (Å²) in [6.45, 7) is 5.75. The second-order valence-corrected chi connectivity index (χ2v) is 6.51. The summed E-state index contributed by atoms with van der Waals surface area (Å²) in [5.41, 5.74) is 2.58. The Morgan fingerprint density at radius 3 is 2.81 bits per heavy atom. The number of rotatable bonds is 2. The van der Waals surface area contributed by atoms with E-state index < -0.39 is 0 Å². The minimum atomic E-state index is -0.169. The smallest absolute Gasteiger partial charge is 0.230 e. The number of hydrogen-bond acceptors (Lipinski definition) is 2. The van der Waals surface area contributed by atoms with Gasteiger partial charge in [0.15, 0.2) is 0 Å². The molecule has 1 amide bonds. The first kappa shape index (κ1) is 14.6. The van der Waals surface area contributed by atoms with Gasteiger partial charge in [0.1, 0.15) is 0 Å². The van der Waals surface area contributed by atoms with Gasteiger partial charge in [0.25, 0.3) is 0 Å². The van der Waals surface area contributed by atoms with E-state index in [-0.39, 0.29) is 5.41 Å². The van der Waals surface area contributed by atoms with Crippen molar-refractivity contribution >= 4 is 5.91 Å². The Labute approximate surface area is 127 Å². The normalized spacial score (nSPS) is 26.0. The molecule has 0 saturated carbocycles. The van der Waals surface area contributed by atoms with Crippen molar-refractivity contribution in [2.45, 2.75) is 45.6 Å². The van der Waals surface area contributed by atoms with E-state index in [1.165, 1.54) is 11.1 Å². The predicted octanol–water partition coefficient (Wildman–Crippen LogP) is 2.74. The number of carbonyl (C=O) groups is 1. The van der Waals surface area contributed by atoms with Crippen LogP contribution in [0.25, 0.3) is 0 Å². The first-order valence-electron chi connectivity index (χ1n) is 8.32. The van der Waals surface area contributed by atoms with Crippen LogP contribution in [0.4, 0.5) is 0 Å². The van der Waals surface area contributed by atoms with Gasteiger partial charge in [-0.25, -0.2) is 0 Å². The zero-order valence-electron chi connectivity index (χ0n) is 13.0. The van der Waals surface area contributed by atoms with E-state index in [1.54, 1.807) is 0 Å². The highest BCUT2D eigenvalue weighted by molar-refractivity contribution is 5.83. The highest BCUT2D eigenvalue weighted by Gasteiger charge is 2.40. The van der Waals surface area contributed by atoms with Crippen LogP contribution < -0.4 is 5.32 Å². The van der Waals surface area contributed by atoms with E-state index in [0.717, 1.165) is 58.3 Å². The van der Waals surface area contributed by atoms with Crippen molar-refractivity contribution < 1.29 is 4.79 Å². The molecule has 1 unspecified atom stereocenters. The molecule has 3 heteroatoms. The molecule has 1 aromatic rings. The molecule has 0 spiro atoms. The highest BCUT2D eigenvalue weighted by Crippen LogP contribution is 2.33. The number of nitrogens with one attached hydrogen (secondary N) is 1. The molecule has 3 rings (SSSR count). The lowest BCUT2D eigenvalue weighted by molar-refractivity contribution is -0.144. The first-order chi connectivity index (χ1) is 10.2. The fourth-order valence-electron chi connectivity index (χ4n) is 3.81. The van der Waals surface area contributed by atoms with Gasteiger partial charge in [-0.15, -0.1) is 0 Å². The Morgan fingerprint density at radius 1 is 1.29 bits per heavy atom. The van der Waals surface area contributed by atoms with E-state index >= 15 is 0 Å². The number of piperidine rings is 1. The van der Waals surface area contributed by atoms with Gasteiger partial charge in [-0.2, -0.15) is 0 Å². The number of fused-ring (bicyclic) bond motifs is 1. The van der Waals surface area contributed by atoms with Crippen LogP contribution in [-0.4, -0.2) is 30.4 Å². The van der Waals surface area contributed by atoms with E-state index in [4.69, 9.17) is 0 Å². The molecular formula is C18H26N2O. The number of benzene rings is 1. The maximum absolute atomic E-state index is 13.2. The van der Waals surface area contributed by atoms with Crippen molar-refractivity contribution in [2.24, 2.45) is 5.41 Å². The Bertz CT molecular complexity index is 506. The van der Waals surface area contributed by atoms with Gasteiger partial charge in [-0.05, 0) is 49.8 Å². The molecule has 1 aromatic carbocycles. The maximum Gasteiger partial charge on any atom is 0.230 e. The van der Waals surface area contributed by atoms with Crippen LogP contribution in [-0.2, 0) is 17.8 Å². The third kappa shape index (κ3) is 2.84. The highest BCUT2D eigenvalue weighted by atomic mass is 16.2. The van der Waals surface area contributed by atoms with E-state index in [9.17, 15) is 4.79 Å². The van der Waals surface area contributed by atoms with E-state index in [1.807, 2.05) is 0 Å². The van der Waals surface area contributed by atoms with Crippen molar-refractivity contribution in [3.63, 3.8) is 0 Å². The number of amides is 1. The third-order valence-electron chi connectivity index (χ3n) is 5.24. The monoisotopic (exact) mass is 286 g/mol. The number of nitrogens with zero attached hydrogens (tertiary/aromatic N) is 1. The second-order valence-electron chi connectivity index (χ2n) is 6.51. The zero-order chi connectivity index (χ0) is 14.7. The molecule has 21 heavy (non-hydrogen) atoms. The lowest BCUT2D eigenvalue weighted by Crippen LogP contribution is -2.51. The van der Waals surface area contributed by atoms with Crippen LogP contribution in [0, 0.1) is 5.41 Å². The van der Waals surface area contributed by atoms with Crippen LogP contribution in [0.3, 0.4) is 0 Å². The summed E-state index contributed by atoms with van der Waals surface area (Å²) in [5, 5.41) is 3.43. The fourth-order valence-corrected chi connectivity index (χ4v) is 3.81. The van der Waals surface area contributed by atoms with E-state index in [0.29, 0.717) is 5.91 Å². The minimum absolute atomic E-state index is 0.169. The first-order valence-corrected chi connectivity index (χ1v) is 8.32. The second kappa shape index (κ2) is 6.18. The van der Waals surface area contributed by atoms with E-state index in [2.05, 4.69) is 41.4 Å². The molecule has 1 saturated heterocycles. The molecule has 2 aliphatic rings. The number of hydrogen-bond donors (Lipinski definition) is 1. The molecule has 3 nitrogen and oxygen atoms in total. The molecule has 1 atom stereocenters. The third-order valence-corrected chi connectivity index (χ3v) is 5.24. The molecule has 2 aliphatic heterocycles. The largest absolute Gasteiger partial charge is 0.338 e. The summed E-state index contributed by atoms with van der Waals surface area (Å²) < 4.78 is 0. The fraction of sp³-hybridized carbons (Fsp3) is 0.611. The summed E-state index contributed by atoms with van der Waals surface area (Å²) in [6, 6.07) is 8.58. The summed E-state index contributed by atoms with van der Waals surface area (Å²) in [5.74, 6) is 0.369. The van der Waals surface area contributed by atoms with Gasteiger partial charge in [0.05, 0.1) is 5.41 Å². The van der Waals surface area contributed by atoms with Crippen molar-refractivity contribution in [3.8, 4) is 0 Å². The lowest BCUT2D eigenvalue weighted by atomic mass is 9.77. The summed E-state index contributed by atoms with van der Waals surface area (Å²) >= 11 is 0. The molecule has 0 aliphatic carbocycles. The topological polar surface area (TPSA) is 32.3 Å². The Balaban J connectivity index is 1.81. The Kier molecular flexibility index (Phi) is 4.29. The minimum Gasteiger partial charge on any atom is -0.338 e. The average Bonchev–Trinajstić information content (AvgIpc) is 2.77. The number of carbonyl (C=O) groups excluding carboxylic acids is 1. The van der Waals surface area contributed by atoms with Gasteiger partial charge in [-0.1, -0.05) is 31.2 Å². The molecule has 0 radical (unpaired) electrons. The Hall–Kier alpha value is -1.35. The molecule has 1 N–H and O–H groups in total. The predicted molar refractivity (Wildman–Crippen MR) is 85.0 cm³/mol. The van der Waals surface area contributed by atoms with Crippen LogP contribution >= 0.6 is 0 Å². The lowest BCUT2D eigenvalue weighted by Gasteiger charge is -2.39. The molecular weight excluding hydrogens is 260 g/mol. The van der Waals surface area contributed by atoms with Gasteiger partial charge in [-0.3, -0.25) is 4.79 Å². The van der Waals surface area contributed by atoms with Crippen molar-refractivity contribution in [2.75, 3.05) is 19.6 Å². The van der Waals surface area contributed by atoms with Crippen molar-refractivity contribution in [1.82, 2.24) is 10.2 Å². The van der Waals surface area contributed by atoms with Crippen LogP contribution in [0.5, 0.6) is 0 Å². The quantitative estimate of drug-likeness (QED) is 0.906.